The van der Waals surface area contributed by atoms with Gasteiger partial charge in [0.1, 0.15) is 12.4 Å². The van der Waals surface area contributed by atoms with E-state index >= 15 is 0 Å². The standard InChI is InChI=1S/C15H16ClNO/c1-11-3-2-4-12(9-11)15(17)10-18-14-7-5-13(16)6-8-14/h2-9,15H,10,17H2,1H3. The highest BCUT2D eigenvalue weighted by Crippen LogP contribution is 2.18. The summed E-state index contributed by atoms with van der Waals surface area (Å²) in [7, 11) is 0. The molecule has 0 amide bonds. The van der Waals surface area contributed by atoms with Crippen molar-refractivity contribution in [3.8, 4) is 5.75 Å². The maximum atomic E-state index is 6.09. The van der Waals surface area contributed by atoms with Gasteiger partial charge in [-0.3, -0.25) is 0 Å². The second-order valence-corrected chi connectivity index (χ2v) is 4.72. The molecule has 18 heavy (non-hydrogen) atoms. The molecule has 0 saturated heterocycles. The third-order valence-corrected chi connectivity index (χ3v) is 2.97. The molecule has 0 saturated carbocycles. The highest BCUT2D eigenvalue weighted by molar-refractivity contribution is 6.30. The molecule has 0 spiro atoms. The van der Waals surface area contributed by atoms with Crippen molar-refractivity contribution in [2.75, 3.05) is 6.61 Å². The number of benzene rings is 2. The number of hydrogen-bond acceptors (Lipinski definition) is 2. The Morgan fingerprint density at radius 2 is 1.89 bits per heavy atom. The van der Waals surface area contributed by atoms with E-state index in [1.807, 2.05) is 24.3 Å². The Hall–Kier alpha value is -1.51. The molecule has 0 aliphatic rings. The van der Waals surface area contributed by atoms with E-state index in [0.717, 1.165) is 11.3 Å². The zero-order chi connectivity index (χ0) is 13.0. The van der Waals surface area contributed by atoms with Crippen molar-refractivity contribution in [3.05, 3.63) is 64.7 Å². The van der Waals surface area contributed by atoms with Gasteiger partial charge in [0.15, 0.2) is 0 Å². The Morgan fingerprint density at radius 1 is 1.17 bits per heavy atom. The van der Waals surface area contributed by atoms with E-state index in [2.05, 4.69) is 19.1 Å². The fourth-order valence-electron chi connectivity index (χ4n) is 1.71. The molecular formula is C15H16ClNO. The van der Waals surface area contributed by atoms with Gasteiger partial charge >= 0.3 is 0 Å². The molecule has 2 N–H and O–H groups in total. The van der Waals surface area contributed by atoms with Gasteiger partial charge in [0.05, 0.1) is 6.04 Å². The summed E-state index contributed by atoms with van der Waals surface area (Å²) in [5, 5.41) is 0.699. The van der Waals surface area contributed by atoms with Gasteiger partial charge in [0.25, 0.3) is 0 Å². The second-order valence-electron chi connectivity index (χ2n) is 4.29. The highest BCUT2D eigenvalue weighted by Gasteiger charge is 2.06. The third-order valence-electron chi connectivity index (χ3n) is 2.71. The SMILES string of the molecule is Cc1cccc(C(N)COc2ccc(Cl)cc2)c1. The summed E-state index contributed by atoms with van der Waals surface area (Å²) in [6.45, 7) is 2.50. The first-order valence-electron chi connectivity index (χ1n) is 5.85. The summed E-state index contributed by atoms with van der Waals surface area (Å²) >= 11 is 5.81. The fraction of sp³-hybridized carbons (Fsp3) is 0.200. The largest absolute Gasteiger partial charge is 0.492 e. The summed E-state index contributed by atoms with van der Waals surface area (Å²) in [6.07, 6.45) is 0. The minimum Gasteiger partial charge on any atom is -0.492 e. The number of halogens is 1. The van der Waals surface area contributed by atoms with Crippen molar-refractivity contribution >= 4 is 11.6 Å². The molecule has 2 aromatic carbocycles. The van der Waals surface area contributed by atoms with Gasteiger partial charge in [0.2, 0.25) is 0 Å². The van der Waals surface area contributed by atoms with Crippen molar-refractivity contribution < 1.29 is 4.74 Å². The minimum absolute atomic E-state index is 0.124. The van der Waals surface area contributed by atoms with Crippen LogP contribution in [0.2, 0.25) is 5.02 Å². The molecule has 0 bridgehead atoms. The van der Waals surface area contributed by atoms with Crippen LogP contribution in [0.5, 0.6) is 5.75 Å². The monoisotopic (exact) mass is 261 g/mol. The van der Waals surface area contributed by atoms with Crippen LogP contribution in [0.4, 0.5) is 0 Å². The molecule has 94 valence electrons. The molecule has 2 rings (SSSR count). The maximum Gasteiger partial charge on any atom is 0.119 e. The number of nitrogens with two attached hydrogens (primary N) is 1. The Kier molecular flexibility index (Phi) is 4.24. The summed E-state index contributed by atoms with van der Waals surface area (Å²) < 4.78 is 5.63. The van der Waals surface area contributed by atoms with Crippen molar-refractivity contribution in [2.24, 2.45) is 5.73 Å². The van der Waals surface area contributed by atoms with Gasteiger partial charge in [-0.25, -0.2) is 0 Å². The summed E-state index contributed by atoms with van der Waals surface area (Å²) in [4.78, 5) is 0. The topological polar surface area (TPSA) is 35.2 Å². The zero-order valence-electron chi connectivity index (χ0n) is 10.3. The lowest BCUT2D eigenvalue weighted by Crippen LogP contribution is -2.19. The smallest absolute Gasteiger partial charge is 0.119 e. The van der Waals surface area contributed by atoms with Gasteiger partial charge in [-0.1, -0.05) is 41.4 Å². The van der Waals surface area contributed by atoms with Gasteiger partial charge < -0.3 is 10.5 Å². The first kappa shape index (κ1) is 12.9. The molecule has 3 heteroatoms. The van der Waals surface area contributed by atoms with Crippen LogP contribution >= 0.6 is 11.6 Å². The Labute approximate surface area is 112 Å². The van der Waals surface area contributed by atoms with E-state index in [1.54, 1.807) is 12.1 Å². The first-order valence-corrected chi connectivity index (χ1v) is 6.23. The van der Waals surface area contributed by atoms with Crippen LogP contribution in [0.15, 0.2) is 48.5 Å². The van der Waals surface area contributed by atoms with E-state index in [-0.39, 0.29) is 6.04 Å². The van der Waals surface area contributed by atoms with E-state index in [9.17, 15) is 0 Å². The molecule has 0 aliphatic carbocycles. The predicted molar refractivity (Wildman–Crippen MR) is 75.1 cm³/mol. The number of rotatable bonds is 4. The second kappa shape index (κ2) is 5.89. The normalized spacial score (nSPS) is 12.2. The highest BCUT2D eigenvalue weighted by atomic mass is 35.5. The van der Waals surface area contributed by atoms with E-state index in [1.165, 1.54) is 5.56 Å². The Morgan fingerprint density at radius 3 is 2.56 bits per heavy atom. The van der Waals surface area contributed by atoms with E-state index in [0.29, 0.717) is 11.6 Å². The lowest BCUT2D eigenvalue weighted by Gasteiger charge is -2.14. The van der Waals surface area contributed by atoms with Crippen LogP contribution < -0.4 is 10.5 Å². The van der Waals surface area contributed by atoms with Crippen LogP contribution in [-0.4, -0.2) is 6.61 Å². The molecule has 0 aromatic heterocycles. The Bertz CT molecular complexity index is 510. The average molecular weight is 262 g/mol. The van der Waals surface area contributed by atoms with Gasteiger partial charge in [-0.05, 0) is 36.8 Å². The lowest BCUT2D eigenvalue weighted by molar-refractivity contribution is 0.290. The molecule has 2 nitrogen and oxygen atoms in total. The molecule has 0 fully saturated rings. The number of ether oxygens (including phenoxy) is 1. The molecule has 0 heterocycles. The summed E-state index contributed by atoms with van der Waals surface area (Å²) in [6, 6.07) is 15.3. The summed E-state index contributed by atoms with van der Waals surface area (Å²) in [5.41, 5.74) is 8.38. The van der Waals surface area contributed by atoms with Crippen molar-refractivity contribution in [2.45, 2.75) is 13.0 Å². The van der Waals surface area contributed by atoms with Crippen LogP contribution in [0, 0.1) is 6.92 Å². The summed E-state index contributed by atoms with van der Waals surface area (Å²) in [5.74, 6) is 0.780. The van der Waals surface area contributed by atoms with Gasteiger partial charge in [-0.15, -0.1) is 0 Å². The molecule has 0 aliphatic heterocycles. The molecule has 0 radical (unpaired) electrons. The van der Waals surface area contributed by atoms with Gasteiger partial charge in [0, 0.05) is 5.02 Å². The van der Waals surface area contributed by atoms with E-state index in [4.69, 9.17) is 22.1 Å². The fourth-order valence-corrected chi connectivity index (χ4v) is 1.84. The zero-order valence-corrected chi connectivity index (χ0v) is 11.0. The lowest BCUT2D eigenvalue weighted by atomic mass is 10.1. The van der Waals surface area contributed by atoms with Crippen molar-refractivity contribution in [1.82, 2.24) is 0 Å². The third kappa shape index (κ3) is 3.49. The Balaban J connectivity index is 1.96. The molecule has 1 atom stereocenters. The quantitative estimate of drug-likeness (QED) is 0.910. The number of aryl methyl sites for hydroxylation is 1. The van der Waals surface area contributed by atoms with Crippen LogP contribution in [-0.2, 0) is 0 Å². The van der Waals surface area contributed by atoms with E-state index < -0.39 is 0 Å². The average Bonchev–Trinajstić information content (AvgIpc) is 2.38. The molecule has 2 aromatic rings. The van der Waals surface area contributed by atoms with Crippen molar-refractivity contribution in [1.29, 1.82) is 0 Å². The van der Waals surface area contributed by atoms with Crippen LogP contribution in [0.25, 0.3) is 0 Å². The minimum atomic E-state index is -0.124. The maximum absolute atomic E-state index is 6.09. The molecule has 1 unspecified atom stereocenters. The molecular weight excluding hydrogens is 246 g/mol. The predicted octanol–water partition coefficient (Wildman–Crippen LogP) is 3.73. The van der Waals surface area contributed by atoms with Crippen LogP contribution in [0.3, 0.4) is 0 Å². The number of hydrogen-bond donors (Lipinski definition) is 1. The van der Waals surface area contributed by atoms with Gasteiger partial charge in [-0.2, -0.15) is 0 Å². The first-order chi connectivity index (χ1) is 8.65. The van der Waals surface area contributed by atoms with Crippen LogP contribution in [0.1, 0.15) is 17.2 Å². The van der Waals surface area contributed by atoms with Crippen molar-refractivity contribution in [3.63, 3.8) is 0 Å².